The Morgan fingerprint density at radius 2 is 1.63 bits per heavy atom. The van der Waals surface area contributed by atoms with Crippen molar-refractivity contribution in [1.29, 1.82) is 0 Å². The predicted octanol–water partition coefficient (Wildman–Crippen LogP) is 2.77. The van der Waals surface area contributed by atoms with E-state index in [1.165, 1.54) is 0 Å². The third-order valence-corrected chi connectivity index (χ3v) is 3.75. The third-order valence-electron chi connectivity index (χ3n) is 2.86. The maximum Gasteiger partial charge on any atom is 0.238 e. The number of benzene rings is 1. The molecule has 0 aromatic heterocycles. The number of rotatable bonds is 4. The molecule has 0 saturated carbocycles. The lowest BCUT2D eigenvalue weighted by Gasteiger charge is -2.20. The van der Waals surface area contributed by atoms with E-state index in [-0.39, 0.29) is 10.3 Å². The topological polar surface area (TPSA) is 69.4 Å². The Morgan fingerprint density at radius 1 is 1.16 bits per heavy atom. The van der Waals surface area contributed by atoms with E-state index in [1.807, 2.05) is 13.8 Å². The summed E-state index contributed by atoms with van der Waals surface area (Å²) in [6.45, 7) is 10.7. The smallest absolute Gasteiger partial charge is 0.238 e. The van der Waals surface area contributed by atoms with Crippen LogP contribution in [0.4, 0.5) is 0 Å². The summed E-state index contributed by atoms with van der Waals surface area (Å²) in [4.78, 5) is 0.130. The Morgan fingerprint density at radius 3 is 2.00 bits per heavy atom. The van der Waals surface area contributed by atoms with E-state index in [4.69, 9.17) is 9.88 Å². The molecule has 0 aliphatic carbocycles. The molecule has 1 rings (SSSR count). The third kappa shape index (κ3) is 4.84. The van der Waals surface area contributed by atoms with Gasteiger partial charge in [0.1, 0.15) is 5.75 Å². The van der Waals surface area contributed by atoms with Gasteiger partial charge in [0.05, 0.1) is 11.5 Å². The second-order valence-electron chi connectivity index (χ2n) is 6.09. The number of hydrogen-bond donors (Lipinski definition) is 1. The van der Waals surface area contributed by atoms with Crippen molar-refractivity contribution in [3.05, 3.63) is 23.3 Å². The Labute approximate surface area is 116 Å². The fourth-order valence-electron chi connectivity index (χ4n) is 1.76. The Bertz CT molecular complexity index is 534. The van der Waals surface area contributed by atoms with Gasteiger partial charge in [-0.1, -0.05) is 20.8 Å². The highest BCUT2D eigenvalue weighted by Crippen LogP contribution is 2.27. The largest absolute Gasteiger partial charge is 0.493 e. The van der Waals surface area contributed by atoms with Crippen LogP contribution in [0, 0.1) is 19.3 Å². The van der Waals surface area contributed by atoms with Crippen molar-refractivity contribution in [3.8, 4) is 5.75 Å². The fraction of sp³-hybridized carbons (Fsp3) is 0.571. The summed E-state index contributed by atoms with van der Waals surface area (Å²) in [6.07, 6.45) is 0.933. The molecule has 19 heavy (non-hydrogen) atoms. The lowest BCUT2D eigenvalue weighted by molar-refractivity contribution is 0.240. The van der Waals surface area contributed by atoms with Gasteiger partial charge in [-0.3, -0.25) is 0 Å². The molecule has 0 radical (unpaired) electrons. The molecule has 4 nitrogen and oxygen atoms in total. The molecule has 0 spiro atoms. The van der Waals surface area contributed by atoms with Crippen LogP contribution in [-0.2, 0) is 10.0 Å². The SMILES string of the molecule is Cc1cc(S(N)(=O)=O)cc(C)c1OCCC(C)(C)C. The molecule has 0 heterocycles. The van der Waals surface area contributed by atoms with Gasteiger partial charge in [0, 0.05) is 0 Å². The summed E-state index contributed by atoms with van der Waals surface area (Å²) < 4.78 is 28.4. The van der Waals surface area contributed by atoms with Gasteiger partial charge in [-0.2, -0.15) is 0 Å². The monoisotopic (exact) mass is 285 g/mol. The average molecular weight is 285 g/mol. The van der Waals surface area contributed by atoms with Crippen molar-refractivity contribution in [2.45, 2.75) is 45.9 Å². The van der Waals surface area contributed by atoms with Gasteiger partial charge in [0.2, 0.25) is 10.0 Å². The number of nitrogens with two attached hydrogens (primary N) is 1. The average Bonchev–Trinajstić information content (AvgIpc) is 2.18. The quantitative estimate of drug-likeness (QED) is 0.924. The molecule has 5 heteroatoms. The van der Waals surface area contributed by atoms with Crippen molar-refractivity contribution in [2.75, 3.05) is 6.61 Å². The molecule has 0 fully saturated rings. The number of primary sulfonamides is 1. The molecule has 0 unspecified atom stereocenters. The highest BCUT2D eigenvalue weighted by Gasteiger charge is 2.15. The second-order valence-corrected chi connectivity index (χ2v) is 7.65. The van der Waals surface area contributed by atoms with Crippen LogP contribution < -0.4 is 9.88 Å². The van der Waals surface area contributed by atoms with E-state index in [0.29, 0.717) is 6.61 Å². The first-order chi connectivity index (χ1) is 8.50. The van der Waals surface area contributed by atoms with Gasteiger partial charge in [-0.25, -0.2) is 13.6 Å². The van der Waals surface area contributed by atoms with Gasteiger partial charge >= 0.3 is 0 Å². The number of ether oxygens (including phenoxy) is 1. The van der Waals surface area contributed by atoms with Crippen molar-refractivity contribution in [1.82, 2.24) is 0 Å². The number of hydrogen-bond acceptors (Lipinski definition) is 3. The zero-order valence-electron chi connectivity index (χ0n) is 12.3. The highest BCUT2D eigenvalue weighted by molar-refractivity contribution is 7.89. The predicted molar refractivity (Wildman–Crippen MR) is 76.9 cm³/mol. The zero-order valence-corrected chi connectivity index (χ0v) is 13.1. The van der Waals surface area contributed by atoms with Crippen molar-refractivity contribution in [3.63, 3.8) is 0 Å². The summed E-state index contributed by atoms with van der Waals surface area (Å²) in [5, 5.41) is 5.13. The lowest BCUT2D eigenvalue weighted by atomic mass is 9.93. The molecular weight excluding hydrogens is 262 g/mol. The van der Waals surface area contributed by atoms with Crippen LogP contribution in [-0.4, -0.2) is 15.0 Å². The molecule has 0 aliphatic heterocycles. The molecule has 0 amide bonds. The molecule has 2 N–H and O–H groups in total. The van der Waals surface area contributed by atoms with Crippen molar-refractivity contribution < 1.29 is 13.2 Å². The fourth-order valence-corrected chi connectivity index (χ4v) is 2.44. The van der Waals surface area contributed by atoms with Crippen LogP contribution in [0.3, 0.4) is 0 Å². The van der Waals surface area contributed by atoms with Gasteiger partial charge in [0.15, 0.2) is 0 Å². The molecule has 0 aliphatic rings. The van der Waals surface area contributed by atoms with Crippen LogP contribution in [0.1, 0.15) is 38.3 Å². The summed E-state index contributed by atoms with van der Waals surface area (Å²) in [7, 11) is -3.66. The van der Waals surface area contributed by atoms with E-state index in [9.17, 15) is 8.42 Å². The lowest BCUT2D eigenvalue weighted by Crippen LogP contribution is -2.14. The van der Waals surface area contributed by atoms with Crippen LogP contribution in [0.25, 0.3) is 0 Å². The summed E-state index contributed by atoms with van der Waals surface area (Å²) >= 11 is 0. The van der Waals surface area contributed by atoms with E-state index in [0.717, 1.165) is 23.3 Å². The van der Waals surface area contributed by atoms with Crippen LogP contribution in [0.5, 0.6) is 5.75 Å². The van der Waals surface area contributed by atoms with Crippen molar-refractivity contribution in [2.24, 2.45) is 10.6 Å². The normalized spacial score (nSPS) is 12.5. The molecule has 1 aromatic carbocycles. The maximum atomic E-state index is 11.3. The molecule has 108 valence electrons. The van der Waals surface area contributed by atoms with E-state index in [2.05, 4.69) is 20.8 Å². The molecule has 0 atom stereocenters. The van der Waals surface area contributed by atoms with Crippen molar-refractivity contribution >= 4 is 10.0 Å². The summed E-state index contributed by atoms with van der Waals surface area (Å²) in [5.74, 6) is 0.747. The van der Waals surface area contributed by atoms with Gasteiger partial charge in [0.25, 0.3) is 0 Å². The molecule has 0 saturated heterocycles. The first-order valence-electron chi connectivity index (χ1n) is 6.27. The van der Waals surface area contributed by atoms with Gasteiger partial charge in [-0.15, -0.1) is 0 Å². The minimum Gasteiger partial charge on any atom is -0.493 e. The first kappa shape index (κ1) is 16.0. The molecular formula is C14H23NO3S. The van der Waals surface area contributed by atoms with Crippen LogP contribution >= 0.6 is 0 Å². The molecule has 0 bridgehead atoms. The van der Waals surface area contributed by atoms with Crippen LogP contribution in [0.15, 0.2) is 17.0 Å². The Hall–Kier alpha value is -1.07. The zero-order chi connectivity index (χ0) is 14.8. The Kier molecular flexibility index (Phi) is 4.63. The van der Waals surface area contributed by atoms with Gasteiger partial charge < -0.3 is 4.74 Å². The molecule has 1 aromatic rings. The first-order valence-corrected chi connectivity index (χ1v) is 7.82. The van der Waals surface area contributed by atoms with E-state index >= 15 is 0 Å². The Balaban J connectivity index is 2.93. The van der Waals surface area contributed by atoms with Crippen LogP contribution in [0.2, 0.25) is 0 Å². The summed E-state index contributed by atoms with van der Waals surface area (Å²) in [6, 6.07) is 3.10. The maximum absolute atomic E-state index is 11.3. The number of sulfonamides is 1. The van der Waals surface area contributed by atoms with E-state index in [1.54, 1.807) is 12.1 Å². The standard InChI is InChI=1S/C14H23NO3S/c1-10-8-12(19(15,16)17)9-11(2)13(10)18-7-6-14(3,4)5/h8-9H,6-7H2,1-5H3,(H2,15,16,17). The minimum absolute atomic E-state index is 0.130. The summed E-state index contributed by atoms with van der Waals surface area (Å²) in [5.41, 5.74) is 1.79. The minimum atomic E-state index is -3.66. The second kappa shape index (κ2) is 5.51. The number of aryl methyl sites for hydroxylation is 2. The van der Waals surface area contributed by atoms with Gasteiger partial charge in [-0.05, 0) is 48.9 Å². The highest BCUT2D eigenvalue weighted by atomic mass is 32.2. The van der Waals surface area contributed by atoms with E-state index < -0.39 is 10.0 Å².